The number of nitrogens with zero attached hydrogens (tertiary/aromatic N) is 1. The first-order valence-electron chi connectivity index (χ1n) is 11.6. The normalized spacial score (nSPS) is 10.9. The summed E-state index contributed by atoms with van der Waals surface area (Å²) in [7, 11) is -0.0724. The second-order valence-electron chi connectivity index (χ2n) is 7.93. The lowest BCUT2D eigenvalue weighted by Gasteiger charge is -2.41. The first-order chi connectivity index (χ1) is 17.4. The van der Waals surface area contributed by atoms with Crippen molar-refractivity contribution in [2.24, 2.45) is 0 Å². The van der Waals surface area contributed by atoms with E-state index in [9.17, 15) is 0 Å². The van der Waals surface area contributed by atoms with Gasteiger partial charge in [-0.15, -0.1) is 0 Å². The lowest BCUT2D eigenvalue weighted by Crippen LogP contribution is -2.32. The maximum Gasteiger partial charge on any atom is 0.142 e. The van der Waals surface area contributed by atoms with Crippen molar-refractivity contribution in [2.45, 2.75) is 0 Å². The molecule has 0 aromatic heterocycles. The molecule has 2 nitrogen and oxygen atoms in total. The standard InChI is InChI=1S/C31H27NOP2/c1-33-31-25-15-14-24-30(31)32(34(26-16-6-2-7-17-26)27-18-8-3-9-19-27)35(28-20-10-4-11-21-28)29-22-12-5-13-23-29/h2-25H,1H3. The van der Waals surface area contributed by atoms with Gasteiger partial charge in [0.1, 0.15) is 5.75 Å². The molecule has 5 aromatic carbocycles. The lowest BCUT2D eigenvalue weighted by atomic mass is 10.3. The van der Waals surface area contributed by atoms with Crippen LogP contribution in [0.1, 0.15) is 0 Å². The van der Waals surface area contributed by atoms with Gasteiger partial charge < -0.3 is 9.18 Å². The van der Waals surface area contributed by atoms with Gasteiger partial charge >= 0.3 is 0 Å². The van der Waals surface area contributed by atoms with E-state index in [0.29, 0.717) is 0 Å². The molecule has 0 fully saturated rings. The molecule has 0 aliphatic heterocycles. The second-order valence-corrected chi connectivity index (χ2v) is 12.4. The van der Waals surface area contributed by atoms with Gasteiger partial charge in [-0.2, -0.15) is 0 Å². The molecule has 0 aliphatic carbocycles. The van der Waals surface area contributed by atoms with Crippen molar-refractivity contribution in [2.75, 3.05) is 11.6 Å². The summed E-state index contributed by atoms with van der Waals surface area (Å²) in [6.07, 6.45) is 0. The van der Waals surface area contributed by atoms with E-state index in [1.165, 1.54) is 21.2 Å². The number of anilines is 1. The Balaban J connectivity index is 1.83. The fraction of sp³-hybridized carbons (Fsp3) is 0.0323. The zero-order valence-corrected chi connectivity index (χ0v) is 21.4. The number of rotatable bonds is 8. The number of ether oxygens (including phenoxy) is 1. The summed E-state index contributed by atoms with van der Waals surface area (Å²) in [6.45, 7) is 0. The highest BCUT2D eigenvalue weighted by atomic mass is 31.2. The molecular formula is C31H27NOP2. The third-order valence-corrected chi connectivity index (χ3v) is 11.1. The Labute approximate surface area is 210 Å². The van der Waals surface area contributed by atoms with Crippen molar-refractivity contribution < 1.29 is 4.74 Å². The Hall–Kier alpha value is -3.44. The molecule has 0 saturated carbocycles. The van der Waals surface area contributed by atoms with E-state index >= 15 is 0 Å². The van der Waals surface area contributed by atoms with Gasteiger partial charge in [0.2, 0.25) is 0 Å². The third-order valence-electron chi connectivity index (χ3n) is 5.68. The van der Waals surface area contributed by atoms with E-state index in [1.54, 1.807) is 7.11 Å². The molecule has 0 bridgehead atoms. The highest BCUT2D eigenvalue weighted by Crippen LogP contribution is 2.58. The predicted molar refractivity (Wildman–Crippen MR) is 154 cm³/mol. The molecule has 0 aliphatic rings. The van der Waals surface area contributed by atoms with E-state index in [-0.39, 0.29) is 0 Å². The maximum absolute atomic E-state index is 5.95. The third kappa shape index (κ3) is 5.15. The highest BCUT2D eigenvalue weighted by Gasteiger charge is 2.33. The topological polar surface area (TPSA) is 12.5 Å². The SMILES string of the molecule is COc1ccccc1N(P(c1ccccc1)c1ccccc1)P(c1ccccc1)c1ccccc1. The van der Waals surface area contributed by atoms with Gasteiger partial charge in [0.25, 0.3) is 0 Å². The number of hydrogen-bond acceptors (Lipinski definition) is 2. The fourth-order valence-corrected chi connectivity index (χ4v) is 10.1. The van der Waals surface area contributed by atoms with Crippen molar-refractivity contribution in [1.29, 1.82) is 0 Å². The second kappa shape index (κ2) is 11.3. The number of hydrogen-bond donors (Lipinski definition) is 0. The summed E-state index contributed by atoms with van der Waals surface area (Å²) in [5.41, 5.74) is 1.10. The van der Waals surface area contributed by atoms with Crippen molar-refractivity contribution in [3.63, 3.8) is 0 Å². The van der Waals surface area contributed by atoms with Gasteiger partial charge in [-0.25, -0.2) is 0 Å². The van der Waals surface area contributed by atoms with Crippen LogP contribution in [0.3, 0.4) is 0 Å². The van der Waals surface area contributed by atoms with Crippen LogP contribution in [0, 0.1) is 0 Å². The Bertz CT molecular complexity index is 1170. The minimum atomic E-state index is -0.917. The van der Waals surface area contributed by atoms with Gasteiger partial charge in [-0.1, -0.05) is 133 Å². The van der Waals surface area contributed by atoms with E-state index < -0.39 is 16.1 Å². The molecule has 5 rings (SSSR count). The van der Waals surface area contributed by atoms with Crippen LogP contribution in [0.4, 0.5) is 5.69 Å². The van der Waals surface area contributed by atoms with Gasteiger partial charge in [0, 0.05) is 21.2 Å². The average molecular weight is 492 g/mol. The number of methoxy groups -OCH3 is 1. The van der Waals surface area contributed by atoms with Crippen molar-refractivity contribution in [3.05, 3.63) is 146 Å². The Kier molecular flexibility index (Phi) is 7.54. The first-order valence-corrected chi connectivity index (χ1v) is 14.2. The summed E-state index contributed by atoms with van der Waals surface area (Å²) >= 11 is 0. The quantitative estimate of drug-likeness (QED) is 0.227. The van der Waals surface area contributed by atoms with E-state index in [1.807, 2.05) is 6.07 Å². The van der Waals surface area contributed by atoms with Crippen molar-refractivity contribution >= 4 is 43.1 Å². The van der Waals surface area contributed by atoms with Crippen LogP contribution in [-0.2, 0) is 0 Å². The molecule has 0 amide bonds. The van der Waals surface area contributed by atoms with Gasteiger partial charge in [-0.3, -0.25) is 0 Å². The van der Waals surface area contributed by atoms with Crippen LogP contribution in [0.25, 0.3) is 0 Å². The minimum Gasteiger partial charge on any atom is -0.495 e. The molecule has 0 radical (unpaired) electrons. The average Bonchev–Trinajstić information content (AvgIpc) is 2.95. The Morgan fingerprint density at radius 1 is 0.429 bits per heavy atom. The summed E-state index contributed by atoms with van der Waals surface area (Å²) < 4.78 is 8.59. The Morgan fingerprint density at radius 3 is 1.09 bits per heavy atom. The summed E-state index contributed by atoms with van der Waals surface area (Å²) in [6, 6.07) is 51.9. The molecule has 35 heavy (non-hydrogen) atoms. The first kappa shape index (κ1) is 23.3. The van der Waals surface area contributed by atoms with Crippen LogP contribution in [0.15, 0.2) is 146 Å². The molecule has 4 heteroatoms. The zero-order valence-electron chi connectivity index (χ0n) is 19.6. The van der Waals surface area contributed by atoms with Crippen LogP contribution < -0.4 is 30.4 Å². The molecule has 0 saturated heterocycles. The molecular weight excluding hydrogens is 464 g/mol. The summed E-state index contributed by atoms with van der Waals surface area (Å²) in [5, 5.41) is 5.22. The molecule has 0 heterocycles. The number of benzene rings is 5. The molecule has 0 atom stereocenters. The zero-order chi connectivity index (χ0) is 23.9. The minimum absolute atomic E-state index is 0.881. The maximum atomic E-state index is 5.95. The molecule has 172 valence electrons. The van der Waals surface area contributed by atoms with Crippen LogP contribution in [-0.4, -0.2) is 7.11 Å². The smallest absolute Gasteiger partial charge is 0.142 e. The van der Waals surface area contributed by atoms with E-state index in [4.69, 9.17) is 4.74 Å². The van der Waals surface area contributed by atoms with E-state index in [0.717, 1.165) is 11.4 Å². The lowest BCUT2D eigenvalue weighted by molar-refractivity contribution is 0.416. The molecule has 0 N–H and O–H groups in total. The van der Waals surface area contributed by atoms with Crippen LogP contribution in [0.2, 0.25) is 0 Å². The Morgan fingerprint density at radius 2 is 0.743 bits per heavy atom. The van der Waals surface area contributed by atoms with Gasteiger partial charge in [0.15, 0.2) is 0 Å². The highest BCUT2D eigenvalue weighted by molar-refractivity contribution is 7.90. The van der Waals surface area contributed by atoms with Gasteiger partial charge in [0.05, 0.1) is 28.9 Å². The van der Waals surface area contributed by atoms with Crippen LogP contribution >= 0.6 is 16.1 Å². The predicted octanol–water partition coefficient (Wildman–Crippen LogP) is 6.60. The van der Waals surface area contributed by atoms with Gasteiger partial charge in [-0.05, 0) is 12.1 Å². The van der Waals surface area contributed by atoms with Crippen molar-refractivity contribution in [1.82, 2.24) is 0 Å². The molecule has 0 unspecified atom stereocenters. The van der Waals surface area contributed by atoms with E-state index in [2.05, 4.69) is 144 Å². The van der Waals surface area contributed by atoms with Crippen molar-refractivity contribution in [3.8, 4) is 5.75 Å². The molecule has 5 aromatic rings. The monoisotopic (exact) mass is 491 g/mol. The number of para-hydroxylation sites is 2. The largest absolute Gasteiger partial charge is 0.495 e. The summed E-state index contributed by atoms with van der Waals surface area (Å²) in [5.74, 6) is 0.881. The van der Waals surface area contributed by atoms with Crippen LogP contribution in [0.5, 0.6) is 5.75 Å². The summed E-state index contributed by atoms with van der Waals surface area (Å²) in [4.78, 5) is 0. The fourth-order valence-electron chi connectivity index (χ4n) is 4.11. The molecule has 0 spiro atoms.